The molecule has 26 heavy (non-hydrogen) atoms. The third-order valence-corrected chi connectivity index (χ3v) is 5.65. The predicted octanol–water partition coefficient (Wildman–Crippen LogP) is 0.829. The summed E-state index contributed by atoms with van der Waals surface area (Å²) in [6.07, 6.45) is 1.21. The Balaban J connectivity index is 1.82. The molecule has 0 aliphatic carbocycles. The van der Waals surface area contributed by atoms with Crippen molar-refractivity contribution < 1.29 is 17.6 Å². The second kappa shape index (κ2) is 7.18. The van der Waals surface area contributed by atoms with Crippen LogP contribution in [-0.4, -0.2) is 56.0 Å². The van der Waals surface area contributed by atoms with Gasteiger partial charge in [0.15, 0.2) is 0 Å². The van der Waals surface area contributed by atoms with E-state index in [9.17, 15) is 18.0 Å². The van der Waals surface area contributed by atoms with Gasteiger partial charge < -0.3 is 9.73 Å². The number of fused-ring (bicyclic) bond motifs is 1. The molecule has 140 valence electrons. The van der Waals surface area contributed by atoms with E-state index in [2.05, 4.69) is 10.2 Å². The van der Waals surface area contributed by atoms with Gasteiger partial charge in [-0.1, -0.05) is 0 Å². The van der Waals surface area contributed by atoms with Gasteiger partial charge in [0, 0.05) is 62.9 Å². The Morgan fingerprint density at radius 2 is 1.88 bits per heavy atom. The highest BCUT2D eigenvalue weighted by atomic mass is 32.2. The minimum atomic E-state index is -3.17. The molecule has 0 saturated carbocycles. The van der Waals surface area contributed by atoms with Crippen molar-refractivity contribution in [3.05, 3.63) is 40.2 Å². The summed E-state index contributed by atoms with van der Waals surface area (Å²) in [5.41, 5.74) is 1.33. The first kappa shape index (κ1) is 18.6. The number of carbonyl (C=O) groups excluding carboxylic acids is 1. The Labute approximate surface area is 151 Å². The van der Waals surface area contributed by atoms with Gasteiger partial charge in [-0.05, 0) is 17.7 Å². The first-order chi connectivity index (χ1) is 12.2. The quantitative estimate of drug-likeness (QED) is 0.790. The number of sulfonamides is 1. The first-order valence-electron chi connectivity index (χ1n) is 8.24. The lowest BCUT2D eigenvalue weighted by Gasteiger charge is -2.33. The highest BCUT2D eigenvalue weighted by Gasteiger charge is 2.23. The molecule has 1 N–H and O–H groups in total. The standard InChI is InChI=1S/C17H21N3O5S/c1-12(21)18-14-3-4-15-13(9-17(22)25-16(15)10-14)11-19-5-7-20(8-6-19)26(2,23)24/h3-4,9-10H,5-8,11H2,1-2H3,(H,18,21). The van der Waals surface area contributed by atoms with Crippen LogP contribution in [0.2, 0.25) is 0 Å². The molecule has 0 bridgehead atoms. The van der Waals surface area contributed by atoms with Crippen molar-refractivity contribution in [1.82, 2.24) is 9.21 Å². The molecule has 0 radical (unpaired) electrons. The lowest BCUT2D eigenvalue weighted by molar-refractivity contribution is -0.114. The summed E-state index contributed by atoms with van der Waals surface area (Å²) in [5.74, 6) is -0.202. The topological polar surface area (TPSA) is 99.9 Å². The zero-order valence-corrected chi connectivity index (χ0v) is 15.5. The van der Waals surface area contributed by atoms with E-state index in [4.69, 9.17) is 4.42 Å². The van der Waals surface area contributed by atoms with Crippen LogP contribution in [0.1, 0.15) is 12.5 Å². The lowest BCUT2D eigenvalue weighted by Crippen LogP contribution is -2.47. The molecule has 1 saturated heterocycles. The highest BCUT2D eigenvalue weighted by Crippen LogP contribution is 2.23. The third kappa shape index (κ3) is 4.29. The number of anilines is 1. The van der Waals surface area contributed by atoms with E-state index in [0.717, 1.165) is 10.9 Å². The molecule has 1 aliphatic heterocycles. The first-order valence-corrected chi connectivity index (χ1v) is 10.1. The van der Waals surface area contributed by atoms with Gasteiger partial charge in [-0.3, -0.25) is 9.69 Å². The number of piperazine rings is 1. The van der Waals surface area contributed by atoms with Crippen molar-refractivity contribution in [2.45, 2.75) is 13.5 Å². The van der Waals surface area contributed by atoms with Crippen molar-refractivity contribution in [2.24, 2.45) is 0 Å². The van der Waals surface area contributed by atoms with Crippen LogP contribution < -0.4 is 10.9 Å². The van der Waals surface area contributed by atoms with Crippen LogP contribution in [0.25, 0.3) is 11.0 Å². The van der Waals surface area contributed by atoms with E-state index >= 15 is 0 Å². The highest BCUT2D eigenvalue weighted by molar-refractivity contribution is 7.88. The fraction of sp³-hybridized carbons (Fsp3) is 0.412. The molecule has 0 spiro atoms. The average molecular weight is 379 g/mol. The Hall–Kier alpha value is -2.23. The second-order valence-electron chi connectivity index (χ2n) is 6.42. The molecule has 9 heteroatoms. The van der Waals surface area contributed by atoms with Crippen molar-refractivity contribution in [2.75, 3.05) is 37.8 Å². The SMILES string of the molecule is CC(=O)Nc1ccc2c(CN3CCN(S(C)(=O)=O)CC3)cc(=O)oc2c1. The predicted molar refractivity (Wildman–Crippen MR) is 98.5 cm³/mol. The van der Waals surface area contributed by atoms with Crippen molar-refractivity contribution in [3.8, 4) is 0 Å². The smallest absolute Gasteiger partial charge is 0.336 e. The number of nitrogens with one attached hydrogen (secondary N) is 1. The summed E-state index contributed by atoms with van der Waals surface area (Å²) in [4.78, 5) is 25.2. The maximum atomic E-state index is 11.9. The van der Waals surface area contributed by atoms with Gasteiger partial charge >= 0.3 is 5.63 Å². The average Bonchev–Trinajstić information content (AvgIpc) is 2.53. The van der Waals surface area contributed by atoms with Gasteiger partial charge in [0.2, 0.25) is 15.9 Å². The number of benzene rings is 1. The van der Waals surface area contributed by atoms with E-state index in [1.54, 1.807) is 12.1 Å². The molecular formula is C17H21N3O5S. The fourth-order valence-corrected chi connectivity index (χ4v) is 3.93. The molecular weight excluding hydrogens is 358 g/mol. The summed E-state index contributed by atoms with van der Waals surface area (Å²) in [7, 11) is -3.17. The summed E-state index contributed by atoms with van der Waals surface area (Å²) < 4.78 is 29.9. The molecule has 2 aromatic rings. The molecule has 3 rings (SSSR count). The molecule has 2 heterocycles. The van der Waals surface area contributed by atoms with Crippen LogP contribution in [0.5, 0.6) is 0 Å². The fourth-order valence-electron chi connectivity index (χ4n) is 3.10. The van der Waals surface area contributed by atoms with Crippen LogP contribution in [-0.2, 0) is 21.4 Å². The summed E-state index contributed by atoms with van der Waals surface area (Å²) in [5, 5.41) is 3.46. The molecule has 1 aliphatic rings. The van der Waals surface area contributed by atoms with Crippen molar-refractivity contribution in [3.63, 3.8) is 0 Å². The van der Waals surface area contributed by atoms with Crippen LogP contribution in [0.3, 0.4) is 0 Å². The maximum absolute atomic E-state index is 11.9. The molecule has 0 unspecified atom stereocenters. The van der Waals surface area contributed by atoms with Gasteiger partial charge in [-0.2, -0.15) is 4.31 Å². The Morgan fingerprint density at radius 3 is 2.50 bits per heavy atom. The van der Waals surface area contributed by atoms with Crippen LogP contribution >= 0.6 is 0 Å². The monoisotopic (exact) mass is 379 g/mol. The number of hydrogen-bond acceptors (Lipinski definition) is 6. The van der Waals surface area contributed by atoms with Gasteiger partial charge in [0.25, 0.3) is 0 Å². The molecule has 1 aromatic carbocycles. The number of carbonyl (C=O) groups is 1. The molecule has 1 aromatic heterocycles. The third-order valence-electron chi connectivity index (χ3n) is 4.34. The largest absolute Gasteiger partial charge is 0.423 e. The Kier molecular flexibility index (Phi) is 5.12. The zero-order valence-electron chi connectivity index (χ0n) is 14.7. The molecule has 1 fully saturated rings. The Morgan fingerprint density at radius 1 is 1.19 bits per heavy atom. The van der Waals surface area contributed by atoms with Crippen molar-refractivity contribution >= 4 is 32.6 Å². The zero-order chi connectivity index (χ0) is 18.9. The minimum absolute atomic E-state index is 0.202. The molecule has 1 amide bonds. The van der Waals surface area contributed by atoms with E-state index in [1.807, 2.05) is 6.07 Å². The number of amides is 1. The number of rotatable bonds is 4. The van der Waals surface area contributed by atoms with Gasteiger partial charge in [0.1, 0.15) is 5.58 Å². The summed E-state index contributed by atoms with van der Waals surface area (Å²) in [6.45, 7) is 4.00. The number of nitrogens with zero attached hydrogens (tertiary/aromatic N) is 2. The van der Waals surface area contributed by atoms with Crippen molar-refractivity contribution in [1.29, 1.82) is 0 Å². The Bertz CT molecular complexity index is 991. The normalized spacial score (nSPS) is 16.7. The second-order valence-corrected chi connectivity index (χ2v) is 8.40. The molecule has 0 atom stereocenters. The van der Waals surface area contributed by atoms with Crippen LogP contribution in [0, 0.1) is 0 Å². The lowest BCUT2D eigenvalue weighted by atomic mass is 10.1. The van der Waals surface area contributed by atoms with Crippen LogP contribution in [0.4, 0.5) is 5.69 Å². The van der Waals surface area contributed by atoms with E-state index in [1.165, 1.54) is 23.6 Å². The van der Waals surface area contributed by atoms with Crippen LogP contribution in [0.15, 0.2) is 33.5 Å². The van der Waals surface area contributed by atoms with Gasteiger partial charge in [-0.25, -0.2) is 13.2 Å². The summed E-state index contributed by atoms with van der Waals surface area (Å²) >= 11 is 0. The summed E-state index contributed by atoms with van der Waals surface area (Å²) in [6, 6.07) is 6.66. The van der Waals surface area contributed by atoms with E-state index in [0.29, 0.717) is 44.0 Å². The minimum Gasteiger partial charge on any atom is -0.423 e. The maximum Gasteiger partial charge on any atom is 0.336 e. The number of hydrogen-bond donors (Lipinski definition) is 1. The van der Waals surface area contributed by atoms with E-state index in [-0.39, 0.29) is 5.91 Å². The van der Waals surface area contributed by atoms with Gasteiger partial charge in [0.05, 0.1) is 6.26 Å². The van der Waals surface area contributed by atoms with E-state index < -0.39 is 15.6 Å². The van der Waals surface area contributed by atoms with Gasteiger partial charge in [-0.15, -0.1) is 0 Å². The molecule has 8 nitrogen and oxygen atoms in total.